The molecule has 0 saturated heterocycles. The second kappa shape index (κ2) is 10.2. The van der Waals surface area contributed by atoms with Crippen LogP contribution in [-0.4, -0.2) is 37.8 Å². The third kappa shape index (κ3) is 5.08. The maximum atomic E-state index is 13.9. The van der Waals surface area contributed by atoms with Crippen LogP contribution in [0.1, 0.15) is 72.6 Å². The van der Waals surface area contributed by atoms with Gasteiger partial charge in [0.25, 0.3) is 0 Å². The number of nitrogens with one attached hydrogen (secondary N) is 2. The van der Waals surface area contributed by atoms with Crippen LogP contribution in [0.2, 0.25) is 0 Å². The third-order valence-corrected chi connectivity index (χ3v) is 7.72. The average molecular weight is 531 g/mol. The van der Waals surface area contributed by atoms with Gasteiger partial charge < -0.3 is 24.8 Å². The van der Waals surface area contributed by atoms with E-state index in [1.807, 2.05) is 39.0 Å². The van der Waals surface area contributed by atoms with E-state index in [2.05, 4.69) is 43.5 Å². The molecular weight excluding hydrogens is 492 g/mol. The molecule has 5 rings (SSSR count). The first-order chi connectivity index (χ1) is 18.5. The van der Waals surface area contributed by atoms with E-state index >= 15 is 0 Å². The molecule has 0 fully saturated rings. The van der Waals surface area contributed by atoms with E-state index in [4.69, 9.17) is 14.2 Å². The minimum Gasteiger partial charge on any atom is -0.466 e. The lowest BCUT2D eigenvalue weighted by atomic mass is 9.76. The number of aryl methyl sites for hydroxylation is 3. The first kappa shape index (κ1) is 27.0. The van der Waals surface area contributed by atoms with Crippen LogP contribution in [0.3, 0.4) is 0 Å². The smallest absolute Gasteiger partial charge is 0.337 e. The second-order valence-electron chi connectivity index (χ2n) is 11.7. The van der Waals surface area contributed by atoms with E-state index in [0.29, 0.717) is 23.3 Å². The molecule has 7 nitrogen and oxygen atoms in total. The van der Waals surface area contributed by atoms with E-state index in [0.717, 1.165) is 52.2 Å². The zero-order valence-corrected chi connectivity index (χ0v) is 23.9. The molecule has 0 spiro atoms. The predicted octanol–water partition coefficient (Wildman–Crippen LogP) is 5.45. The SMILES string of the molecule is COC(=O)C1=C(COC(C)(C)C)NC2=C(C(=O)OC(c3c(C)cc(C)cc3C)C2)C1c1cccc2c1CCN2. The Morgan fingerprint density at radius 2 is 1.85 bits per heavy atom. The number of cyclic esters (lactones) is 1. The number of hydrogen-bond donors (Lipinski definition) is 2. The number of carbonyl (C=O) groups is 2. The van der Waals surface area contributed by atoms with Gasteiger partial charge in [0.1, 0.15) is 6.10 Å². The lowest BCUT2D eigenvalue weighted by Crippen LogP contribution is -2.39. The van der Waals surface area contributed by atoms with Gasteiger partial charge in [-0.15, -0.1) is 0 Å². The van der Waals surface area contributed by atoms with Crippen LogP contribution in [0, 0.1) is 20.8 Å². The molecule has 0 aromatic heterocycles. The molecule has 7 heteroatoms. The molecule has 2 N–H and O–H groups in total. The van der Waals surface area contributed by atoms with Gasteiger partial charge in [-0.3, -0.25) is 0 Å². The lowest BCUT2D eigenvalue weighted by Gasteiger charge is -2.38. The van der Waals surface area contributed by atoms with E-state index in [-0.39, 0.29) is 6.61 Å². The number of methoxy groups -OCH3 is 1. The molecule has 2 aromatic rings. The Morgan fingerprint density at radius 1 is 1.13 bits per heavy atom. The summed E-state index contributed by atoms with van der Waals surface area (Å²) in [6.07, 6.45) is 0.848. The molecule has 0 radical (unpaired) electrons. The van der Waals surface area contributed by atoms with Crippen molar-refractivity contribution in [2.75, 3.05) is 25.6 Å². The monoisotopic (exact) mass is 530 g/mol. The molecule has 3 aliphatic heterocycles. The molecule has 0 aliphatic carbocycles. The van der Waals surface area contributed by atoms with Crippen molar-refractivity contribution in [1.82, 2.24) is 5.32 Å². The Morgan fingerprint density at radius 3 is 2.51 bits per heavy atom. The van der Waals surface area contributed by atoms with Gasteiger partial charge in [0, 0.05) is 24.4 Å². The van der Waals surface area contributed by atoms with Crippen molar-refractivity contribution in [3.05, 3.63) is 86.3 Å². The molecule has 0 amide bonds. The molecule has 0 bridgehead atoms. The maximum absolute atomic E-state index is 13.9. The fourth-order valence-corrected chi connectivity index (χ4v) is 6.20. The van der Waals surface area contributed by atoms with Crippen LogP contribution in [0.4, 0.5) is 5.69 Å². The van der Waals surface area contributed by atoms with Crippen LogP contribution in [0.15, 0.2) is 52.9 Å². The number of ether oxygens (including phenoxy) is 3. The minimum atomic E-state index is -0.629. The summed E-state index contributed by atoms with van der Waals surface area (Å²) in [6.45, 7) is 13.1. The van der Waals surface area contributed by atoms with Gasteiger partial charge in [-0.2, -0.15) is 0 Å². The van der Waals surface area contributed by atoms with Crippen molar-refractivity contribution < 1.29 is 23.8 Å². The van der Waals surface area contributed by atoms with Crippen molar-refractivity contribution in [3.63, 3.8) is 0 Å². The van der Waals surface area contributed by atoms with E-state index in [9.17, 15) is 9.59 Å². The Labute approximate surface area is 230 Å². The topological polar surface area (TPSA) is 85.9 Å². The predicted molar refractivity (Wildman–Crippen MR) is 150 cm³/mol. The molecule has 0 saturated carbocycles. The van der Waals surface area contributed by atoms with Crippen molar-refractivity contribution in [2.45, 2.75) is 72.0 Å². The zero-order chi connectivity index (χ0) is 28.1. The first-order valence-corrected chi connectivity index (χ1v) is 13.6. The number of dihydropyridines is 1. The van der Waals surface area contributed by atoms with Crippen LogP contribution in [-0.2, 0) is 30.2 Å². The number of anilines is 1. The van der Waals surface area contributed by atoms with E-state index < -0.39 is 29.6 Å². The fraction of sp³-hybridized carbons (Fsp3) is 0.438. The summed E-state index contributed by atoms with van der Waals surface area (Å²) in [5.74, 6) is -1.54. The summed E-state index contributed by atoms with van der Waals surface area (Å²) in [5, 5.41) is 6.88. The van der Waals surface area contributed by atoms with Gasteiger partial charge in [0.15, 0.2) is 0 Å². The molecule has 206 valence electrons. The highest BCUT2D eigenvalue weighted by Crippen LogP contribution is 2.47. The number of fused-ring (bicyclic) bond motifs is 1. The standard InChI is InChI=1S/C32H38N2O5/c1-17-13-18(2)26(19(3)14-17)25-15-23-28(31(36)39-25)27(21-9-8-10-22-20(21)11-12-33-22)29(30(35)37-7)24(34-23)16-38-32(4,5)6/h8-10,13-14,25,27,33-34H,11-12,15-16H2,1-7H3. The summed E-state index contributed by atoms with van der Waals surface area (Å²) in [4.78, 5) is 27.3. The summed E-state index contributed by atoms with van der Waals surface area (Å²) in [7, 11) is 1.37. The van der Waals surface area contributed by atoms with E-state index in [1.54, 1.807) is 0 Å². The molecule has 39 heavy (non-hydrogen) atoms. The number of benzene rings is 2. The van der Waals surface area contributed by atoms with Crippen molar-refractivity contribution in [3.8, 4) is 0 Å². The molecule has 3 aliphatic rings. The van der Waals surface area contributed by atoms with Gasteiger partial charge in [-0.05, 0) is 81.8 Å². The Kier molecular flexibility index (Phi) is 7.06. The normalized spacial score (nSPS) is 20.6. The fourth-order valence-electron chi connectivity index (χ4n) is 6.20. The van der Waals surface area contributed by atoms with Gasteiger partial charge in [0.2, 0.25) is 0 Å². The summed E-state index contributed by atoms with van der Waals surface area (Å²) >= 11 is 0. The maximum Gasteiger partial charge on any atom is 0.337 e. The molecule has 2 atom stereocenters. The molecule has 3 heterocycles. The Bertz CT molecular complexity index is 1390. The van der Waals surface area contributed by atoms with Gasteiger partial charge in [0.05, 0.1) is 42.1 Å². The van der Waals surface area contributed by atoms with Crippen LogP contribution in [0.25, 0.3) is 0 Å². The van der Waals surface area contributed by atoms with Gasteiger partial charge in [-0.25, -0.2) is 9.59 Å². The minimum absolute atomic E-state index is 0.177. The molecular formula is C32H38N2O5. The average Bonchev–Trinajstić information content (AvgIpc) is 3.34. The molecule has 2 aromatic carbocycles. The van der Waals surface area contributed by atoms with Gasteiger partial charge in [-0.1, -0.05) is 29.8 Å². The third-order valence-electron chi connectivity index (χ3n) is 7.72. The van der Waals surface area contributed by atoms with Gasteiger partial charge >= 0.3 is 11.9 Å². The number of rotatable bonds is 5. The summed E-state index contributed by atoms with van der Waals surface area (Å²) < 4.78 is 17.6. The summed E-state index contributed by atoms with van der Waals surface area (Å²) in [6, 6.07) is 10.2. The quantitative estimate of drug-likeness (QED) is 0.497. The largest absolute Gasteiger partial charge is 0.466 e. The lowest BCUT2D eigenvalue weighted by molar-refractivity contribution is -0.147. The van der Waals surface area contributed by atoms with Crippen molar-refractivity contribution in [1.29, 1.82) is 0 Å². The van der Waals surface area contributed by atoms with Crippen molar-refractivity contribution >= 4 is 17.6 Å². The summed E-state index contributed by atoms with van der Waals surface area (Å²) in [5.41, 5.74) is 9.25. The highest BCUT2D eigenvalue weighted by atomic mass is 16.5. The first-order valence-electron chi connectivity index (χ1n) is 13.6. The zero-order valence-electron chi connectivity index (χ0n) is 23.9. The van der Waals surface area contributed by atoms with Crippen LogP contribution < -0.4 is 10.6 Å². The second-order valence-corrected chi connectivity index (χ2v) is 11.7. The molecule has 2 unspecified atom stereocenters. The number of carbonyl (C=O) groups excluding carboxylic acids is 2. The number of hydrogen-bond acceptors (Lipinski definition) is 7. The highest BCUT2D eigenvalue weighted by molar-refractivity contribution is 6.01. The van der Waals surface area contributed by atoms with Crippen LogP contribution >= 0.6 is 0 Å². The number of esters is 2. The Hall–Kier alpha value is -3.58. The Balaban J connectivity index is 1.67. The highest BCUT2D eigenvalue weighted by Gasteiger charge is 2.45. The van der Waals surface area contributed by atoms with Crippen LogP contribution in [0.5, 0.6) is 0 Å². The van der Waals surface area contributed by atoms with Crippen molar-refractivity contribution in [2.24, 2.45) is 0 Å². The van der Waals surface area contributed by atoms with E-state index in [1.165, 1.54) is 12.7 Å².